The summed E-state index contributed by atoms with van der Waals surface area (Å²) < 4.78 is 7.35. The standard InChI is InChI=1S/C12H19N5O/c1-4-7-17-11(9(18-3)8-16-17)10(13-2)12-14-5-6-15-12/h5-6,8,10,13H,4,7H2,1-3H3,(H,14,15). The Morgan fingerprint density at radius 2 is 2.39 bits per heavy atom. The number of aromatic nitrogens is 4. The zero-order chi connectivity index (χ0) is 13.0. The van der Waals surface area contributed by atoms with Crippen molar-refractivity contribution in [1.82, 2.24) is 25.1 Å². The minimum absolute atomic E-state index is 0.0519. The van der Waals surface area contributed by atoms with Crippen molar-refractivity contribution in [2.45, 2.75) is 25.9 Å². The summed E-state index contributed by atoms with van der Waals surface area (Å²) >= 11 is 0. The summed E-state index contributed by atoms with van der Waals surface area (Å²) in [5.41, 5.74) is 0.997. The van der Waals surface area contributed by atoms with Crippen LogP contribution in [0.5, 0.6) is 5.75 Å². The summed E-state index contributed by atoms with van der Waals surface area (Å²) in [6, 6.07) is -0.0519. The van der Waals surface area contributed by atoms with Crippen LogP contribution in [-0.2, 0) is 6.54 Å². The molecule has 0 saturated heterocycles. The number of hydrogen-bond acceptors (Lipinski definition) is 4. The van der Waals surface area contributed by atoms with Crippen LogP contribution in [0.4, 0.5) is 0 Å². The summed E-state index contributed by atoms with van der Waals surface area (Å²) in [5.74, 6) is 1.63. The number of imidazole rings is 1. The van der Waals surface area contributed by atoms with E-state index in [1.54, 1.807) is 19.5 Å². The van der Waals surface area contributed by atoms with Gasteiger partial charge in [-0.2, -0.15) is 5.10 Å². The van der Waals surface area contributed by atoms with Crippen LogP contribution in [0.1, 0.15) is 30.9 Å². The molecule has 0 bridgehead atoms. The molecule has 98 valence electrons. The second-order valence-corrected chi connectivity index (χ2v) is 4.02. The van der Waals surface area contributed by atoms with Gasteiger partial charge < -0.3 is 15.0 Å². The van der Waals surface area contributed by atoms with Gasteiger partial charge >= 0.3 is 0 Å². The molecule has 1 atom stereocenters. The van der Waals surface area contributed by atoms with Crippen LogP contribution in [0, 0.1) is 0 Å². The van der Waals surface area contributed by atoms with E-state index in [4.69, 9.17) is 4.74 Å². The number of nitrogens with zero attached hydrogens (tertiary/aromatic N) is 3. The highest BCUT2D eigenvalue weighted by Gasteiger charge is 2.23. The molecule has 0 aliphatic rings. The molecule has 2 N–H and O–H groups in total. The number of methoxy groups -OCH3 is 1. The van der Waals surface area contributed by atoms with Gasteiger partial charge in [0.1, 0.15) is 17.6 Å². The van der Waals surface area contributed by atoms with Crippen molar-refractivity contribution >= 4 is 0 Å². The predicted octanol–water partition coefficient (Wildman–Crippen LogP) is 1.33. The number of aryl methyl sites for hydroxylation is 1. The Balaban J connectivity index is 2.42. The fourth-order valence-corrected chi connectivity index (χ4v) is 2.05. The molecule has 0 aromatic carbocycles. The van der Waals surface area contributed by atoms with Crippen LogP contribution in [0.25, 0.3) is 0 Å². The highest BCUT2D eigenvalue weighted by Crippen LogP contribution is 2.28. The van der Waals surface area contributed by atoms with Crippen molar-refractivity contribution < 1.29 is 4.74 Å². The van der Waals surface area contributed by atoms with Gasteiger partial charge in [0, 0.05) is 18.9 Å². The van der Waals surface area contributed by atoms with Gasteiger partial charge in [-0.1, -0.05) is 6.92 Å². The second kappa shape index (κ2) is 5.68. The Kier molecular flexibility index (Phi) is 3.99. The number of aromatic amines is 1. The lowest BCUT2D eigenvalue weighted by Crippen LogP contribution is -2.23. The molecule has 0 aliphatic carbocycles. The van der Waals surface area contributed by atoms with E-state index in [2.05, 4.69) is 27.3 Å². The lowest BCUT2D eigenvalue weighted by atomic mass is 10.2. The maximum atomic E-state index is 5.39. The molecule has 18 heavy (non-hydrogen) atoms. The van der Waals surface area contributed by atoms with Crippen LogP contribution >= 0.6 is 0 Å². The van der Waals surface area contributed by atoms with Crippen molar-refractivity contribution in [3.63, 3.8) is 0 Å². The molecule has 0 saturated carbocycles. The maximum absolute atomic E-state index is 5.39. The molecule has 2 aromatic heterocycles. The van der Waals surface area contributed by atoms with Crippen LogP contribution in [0.3, 0.4) is 0 Å². The lowest BCUT2D eigenvalue weighted by Gasteiger charge is -2.17. The molecule has 2 aromatic rings. The quantitative estimate of drug-likeness (QED) is 0.810. The van der Waals surface area contributed by atoms with E-state index in [9.17, 15) is 0 Å². The first-order valence-electron chi connectivity index (χ1n) is 6.08. The Morgan fingerprint density at radius 1 is 1.56 bits per heavy atom. The Hall–Kier alpha value is -1.82. The van der Waals surface area contributed by atoms with Gasteiger partial charge in [0.05, 0.1) is 13.3 Å². The Bertz CT molecular complexity index is 477. The van der Waals surface area contributed by atoms with Crippen molar-refractivity contribution in [2.75, 3.05) is 14.2 Å². The van der Waals surface area contributed by atoms with Crippen molar-refractivity contribution in [1.29, 1.82) is 0 Å². The van der Waals surface area contributed by atoms with Gasteiger partial charge in [-0.3, -0.25) is 4.68 Å². The van der Waals surface area contributed by atoms with Gasteiger partial charge in [-0.05, 0) is 13.5 Å². The van der Waals surface area contributed by atoms with E-state index in [0.717, 1.165) is 30.2 Å². The van der Waals surface area contributed by atoms with Crippen molar-refractivity contribution in [3.8, 4) is 5.75 Å². The predicted molar refractivity (Wildman–Crippen MR) is 68.6 cm³/mol. The molecule has 0 spiro atoms. The molecular formula is C12H19N5O. The first kappa shape index (κ1) is 12.6. The summed E-state index contributed by atoms with van der Waals surface area (Å²) in [6.07, 6.45) is 6.32. The SMILES string of the molecule is CCCn1ncc(OC)c1C(NC)c1ncc[nH]1. The van der Waals surface area contributed by atoms with E-state index in [-0.39, 0.29) is 6.04 Å². The number of ether oxygens (including phenoxy) is 1. The van der Waals surface area contributed by atoms with Crippen LogP contribution in [-0.4, -0.2) is 33.9 Å². The zero-order valence-electron chi connectivity index (χ0n) is 11.0. The van der Waals surface area contributed by atoms with E-state index >= 15 is 0 Å². The molecule has 0 aliphatic heterocycles. The minimum Gasteiger partial charge on any atom is -0.493 e. The molecule has 0 amide bonds. The van der Waals surface area contributed by atoms with E-state index in [1.807, 2.05) is 17.9 Å². The molecule has 1 unspecified atom stereocenters. The Morgan fingerprint density at radius 3 is 2.94 bits per heavy atom. The van der Waals surface area contributed by atoms with E-state index < -0.39 is 0 Å². The Labute approximate surface area is 106 Å². The third-order valence-electron chi connectivity index (χ3n) is 2.86. The maximum Gasteiger partial charge on any atom is 0.162 e. The zero-order valence-corrected chi connectivity index (χ0v) is 11.0. The van der Waals surface area contributed by atoms with Gasteiger partial charge in [-0.15, -0.1) is 0 Å². The first-order valence-corrected chi connectivity index (χ1v) is 6.08. The topological polar surface area (TPSA) is 67.8 Å². The lowest BCUT2D eigenvalue weighted by molar-refractivity contribution is 0.398. The van der Waals surface area contributed by atoms with Crippen LogP contribution in [0.15, 0.2) is 18.6 Å². The third-order valence-corrected chi connectivity index (χ3v) is 2.86. The fourth-order valence-electron chi connectivity index (χ4n) is 2.05. The summed E-state index contributed by atoms with van der Waals surface area (Å²) in [5, 5.41) is 7.61. The number of H-pyrrole nitrogens is 1. The van der Waals surface area contributed by atoms with Gasteiger partial charge in [0.25, 0.3) is 0 Å². The monoisotopic (exact) mass is 249 g/mol. The molecule has 0 radical (unpaired) electrons. The normalized spacial score (nSPS) is 12.6. The molecule has 2 rings (SSSR count). The molecule has 2 heterocycles. The van der Waals surface area contributed by atoms with Gasteiger partial charge in [0.2, 0.25) is 0 Å². The van der Waals surface area contributed by atoms with E-state index in [0.29, 0.717) is 0 Å². The highest BCUT2D eigenvalue weighted by molar-refractivity contribution is 5.32. The molecule has 6 heteroatoms. The van der Waals surface area contributed by atoms with Gasteiger partial charge in [0.15, 0.2) is 5.75 Å². The number of hydrogen-bond donors (Lipinski definition) is 2. The first-order chi connectivity index (χ1) is 8.81. The number of rotatable bonds is 6. The molecule has 6 nitrogen and oxygen atoms in total. The van der Waals surface area contributed by atoms with Gasteiger partial charge in [-0.25, -0.2) is 4.98 Å². The number of nitrogens with one attached hydrogen (secondary N) is 2. The van der Waals surface area contributed by atoms with E-state index in [1.165, 1.54) is 0 Å². The van der Waals surface area contributed by atoms with Crippen LogP contribution < -0.4 is 10.1 Å². The fraction of sp³-hybridized carbons (Fsp3) is 0.500. The molecular weight excluding hydrogens is 230 g/mol. The summed E-state index contributed by atoms with van der Waals surface area (Å²) in [7, 11) is 3.56. The smallest absolute Gasteiger partial charge is 0.162 e. The average Bonchev–Trinajstić information content (AvgIpc) is 3.02. The highest BCUT2D eigenvalue weighted by atomic mass is 16.5. The van der Waals surface area contributed by atoms with Crippen molar-refractivity contribution in [3.05, 3.63) is 30.1 Å². The average molecular weight is 249 g/mol. The minimum atomic E-state index is -0.0519. The summed E-state index contributed by atoms with van der Waals surface area (Å²) in [4.78, 5) is 7.43. The van der Waals surface area contributed by atoms with Crippen molar-refractivity contribution in [2.24, 2.45) is 0 Å². The summed E-state index contributed by atoms with van der Waals surface area (Å²) in [6.45, 7) is 2.98. The third kappa shape index (κ3) is 2.24. The van der Waals surface area contributed by atoms with Crippen LogP contribution in [0.2, 0.25) is 0 Å². The molecule has 0 fully saturated rings. The largest absolute Gasteiger partial charge is 0.493 e. The second-order valence-electron chi connectivity index (χ2n) is 4.02.